The zero-order chi connectivity index (χ0) is 21.5. The second-order valence-electron chi connectivity index (χ2n) is 8.12. The fourth-order valence-electron chi connectivity index (χ4n) is 4.35. The minimum absolute atomic E-state index is 0.0291. The summed E-state index contributed by atoms with van der Waals surface area (Å²) in [4.78, 5) is 2.22. The molecule has 11 nitrogen and oxygen atoms in total. The number of fused-ring (bicyclic) bond motifs is 1. The molecule has 0 amide bonds. The van der Waals surface area contributed by atoms with Gasteiger partial charge >= 0.3 is 0 Å². The van der Waals surface area contributed by atoms with Gasteiger partial charge in [-0.15, -0.1) is 15.3 Å². The van der Waals surface area contributed by atoms with Gasteiger partial charge in [0.1, 0.15) is 11.9 Å². The van der Waals surface area contributed by atoms with Gasteiger partial charge in [-0.25, -0.2) is 4.68 Å². The van der Waals surface area contributed by atoms with Gasteiger partial charge in [-0.2, -0.15) is 14.7 Å². The predicted octanol–water partition coefficient (Wildman–Crippen LogP) is 1.92. The van der Waals surface area contributed by atoms with E-state index in [2.05, 4.69) is 26.3 Å². The molecule has 2 aliphatic rings. The lowest BCUT2D eigenvalue weighted by atomic mass is 10.2. The molecule has 0 aromatic carbocycles. The molecule has 2 aliphatic heterocycles. The topological polar surface area (TPSA) is 100 Å². The highest BCUT2D eigenvalue weighted by atomic mass is 16.5. The van der Waals surface area contributed by atoms with Crippen LogP contribution >= 0.6 is 0 Å². The van der Waals surface area contributed by atoms with E-state index in [9.17, 15) is 0 Å². The van der Waals surface area contributed by atoms with Crippen LogP contribution < -0.4 is 4.90 Å². The van der Waals surface area contributed by atoms with Crippen LogP contribution in [0.5, 0.6) is 0 Å². The summed E-state index contributed by atoms with van der Waals surface area (Å²) < 4.78 is 16.9. The van der Waals surface area contributed by atoms with Crippen molar-refractivity contribution >= 4 is 11.5 Å². The fraction of sp³-hybridized carbons (Fsp3) is 0.476. The lowest BCUT2D eigenvalue weighted by Crippen LogP contribution is -2.37. The molecular formula is C21H25N9O2. The van der Waals surface area contributed by atoms with Crippen molar-refractivity contribution in [3.05, 3.63) is 30.6 Å². The number of rotatable bonds is 4. The Morgan fingerprint density at radius 1 is 1.03 bits per heavy atom. The predicted molar refractivity (Wildman–Crippen MR) is 116 cm³/mol. The summed E-state index contributed by atoms with van der Waals surface area (Å²) in [5.41, 5.74) is 3.26. The first-order chi connectivity index (χ1) is 15.8. The molecule has 4 aromatic heterocycles. The van der Waals surface area contributed by atoms with Crippen molar-refractivity contribution < 1.29 is 9.47 Å². The van der Waals surface area contributed by atoms with Gasteiger partial charge in [0.25, 0.3) is 0 Å². The Hall–Kier alpha value is -3.31. The van der Waals surface area contributed by atoms with Crippen molar-refractivity contribution in [1.29, 1.82) is 0 Å². The van der Waals surface area contributed by atoms with Crippen LogP contribution in [-0.4, -0.2) is 72.3 Å². The van der Waals surface area contributed by atoms with Crippen molar-refractivity contribution in [3.8, 4) is 22.8 Å². The highest BCUT2D eigenvalue weighted by Gasteiger charge is 2.23. The van der Waals surface area contributed by atoms with Gasteiger partial charge < -0.3 is 14.4 Å². The van der Waals surface area contributed by atoms with Crippen LogP contribution in [0.2, 0.25) is 0 Å². The SMILES string of the molecule is Cn1nccc1-c1cc(N2CCOCC2)nn2c(-c3ccn(C4CCCCO4)n3)nnc12. The van der Waals surface area contributed by atoms with Crippen molar-refractivity contribution in [2.24, 2.45) is 7.05 Å². The van der Waals surface area contributed by atoms with Gasteiger partial charge in [0.2, 0.25) is 5.82 Å². The van der Waals surface area contributed by atoms with E-state index in [1.807, 2.05) is 34.7 Å². The van der Waals surface area contributed by atoms with E-state index in [0.29, 0.717) is 30.4 Å². The number of nitrogens with zero attached hydrogens (tertiary/aromatic N) is 9. The molecule has 0 spiro atoms. The summed E-state index contributed by atoms with van der Waals surface area (Å²) in [5.74, 6) is 1.46. The molecule has 6 rings (SSSR count). The lowest BCUT2D eigenvalue weighted by molar-refractivity contribution is -0.0393. The summed E-state index contributed by atoms with van der Waals surface area (Å²) in [7, 11) is 1.92. The summed E-state index contributed by atoms with van der Waals surface area (Å²) in [6.45, 7) is 3.71. The molecule has 11 heteroatoms. The quantitative estimate of drug-likeness (QED) is 0.479. The van der Waals surface area contributed by atoms with Crippen LogP contribution in [0, 0.1) is 0 Å². The Labute approximate surface area is 184 Å². The Bertz CT molecular complexity index is 1230. The Morgan fingerprint density at radius 2 is 1.94 bits per heavy atom. The van der Waals surface area contributed by atoms with Gasteiger partial charge in [0, 0.05) is 39.1 Å². The molecule has 0 bridgehead atoms. The van der Waals surface area contributed by atoms with Crippen LogP contribution in [-0.2, 0) is 16.5 Å². The molecule has 32 heavy (non-hydrogen) atoms. The minimum atomic E-state index is -0.0291. The number of aryl methyl sites for hydroxylation is 1. The maximum absolute atomic E-state index is 5.88. The van der Waals surface area contributed by atoms with Gasteiger partial charge in [-0.3, -0.25) is 4.68 Å². The smallest absolute Gasteiger partial charge is 0.205 e. The normalized spacial score (nSPS) is 19.7. The van der Waals surface area contributed by atoms with E-state index >= 15 is 0 Å². The number of ether oxygens (including phenoxy) is 2. The third kappa shape index (κ3) is 3.33. The summed E-state index contributed by atoms with van der Waals surface area (Å²) in [5, 5.41) is 23.0. The van der Waals surface area contributed by atoms with Gasteiger partial charge in [-0.05, 0) is 37.5 Å². The average molecular weight is 435 g/mol. The maximum atomic E-state index is 5.88. The number of hydrogen-bond donors (Lipinski definition) is 0. The highest BCUT2D eigenvalue weighted by molar-refractivity contribution is 5.78. The number of hydrogen-bond acceptors (Lipinski definition) is 8. The van der Waals surface area contributed by atoms with E-state index in [4.69, 9.17) is 19.7 Å². The van der Waals surface area contributed by atoms with Crippen LogP contribution in [0.3, 0.4) is 0 Å². The maximum Gasteiger partial charge on any atom is 0.205 e. The fourth-order valence-corrected chi connectivity index (χ4v) is 4.35. The third-order valence-electron chi connectivity index (χ3n) is 6.08. The number of anilines is 1. The molecule has 0 saturated carbocycles. The zero-order valence-corrected chi connectivity index (χ0v) is 18.0. The standard InChI is InChI=1S/C21H25N9O2/c1-27-17(5-7-22-27)15-14-18(28-9-12-31-13-10-28)26-30-20(15)23-24-21(30)16-6-8-29(25-16)19-4-2-3-11-32-19/h5-8,14,19H,2-4,9-13H2,1H3. The van der Waals surface area contributed by atoms with E-state index in [1.165, 1.54) is 0 Å². The summed E-state index contributed by atoms with van der Waals surface area (Å²) in [6.07, 6.45) is 6.91. The molecule has 2 saturated heterocycles. The van der Waals surface area contributed by atoms with Crippen molar-refractivity contribution in [2.45, 2.75) is 25.5 Å². The molecule has 4 aromatic rings. The molecule has 0 radical (unpaired) electrons. The molecule has 166 valence electrons. The van der Waals surface area contributed by atoms with Crippen molar-refractivity contribution in [3.63, 3.8) is 0 Å². The Balaban J connectivity index is 1.47. The Kier molecular flexibility index (Phi) is 4.84. The first kappa shape index (κ1) is 19.4. The summed E-state index contributed by atoms with van der Waals surface area (Å²) >= 11 is 0. The van der Waals surface area contributed by atoms with Crippen LogP contribution in [0.1, 0.15) is 25.5 Å². The number of morpholine rings is 1. The third-order valence-corrected chi connectivity index (χ3v) is 6.08. The van der Waals surface area contributed by atoms with Crippen LogP contribution in [0.4, 0.5) is 5.82 Å². The molecule has 6 heterocycles. The van der Waals surface area contributed by atoms with Crippen molar-refractivity contribution in [1.82, 2.24) is 39.4 Å². The van der Waals surface area contributed by atoms with Crippen LogP contribution in [0.15, 0.2) is 30.6 Å². The molecule has 0 N–H and O–H groups in total. The van der Waals surface area contributed by atoms with Crippen LogP contribution in [0.25, 0.3) is 28.4 Å². The Morgan fingerprint density at radius 3 is 2.72 bits per heavy atom. The molecule has 1 atom stereocenters. The number of aromatic nitrogens is 8. The zero-order valence-electron chi connectivity index (χ0n) is 18.0. The highest BCUT2D eigenvalue weighted by Crippen LogP contribution is 2.30. The second-order valence-corrected chi connectivity index (χ2v) is 8.12. The van der Waals surface area contributed by atoms with E-state index in [-0.39, 0.29) is 6.23 Å². The average Bonchev–Trinajstić information content (AvgIpc) is 3.59. The van der Waals surface area contributed by atoms with Gasteiger partial charge in [-0.1, -0.05) is 0 Å². The first-order valence-electron chi connectivity index (χ1n) is 11.0. The van der Waals surface area contributed by atoms with Gasteiger partial charge in [0.05, 0.1) is 24.5 Å². The summed E-state index contributed by atoms with van der Waals surface area (Å²) in [6, 6.07) is 5.98. The molecular weight excluding hydrogens is 410 g/mol. The second kappa shape index (κ2) is 7.99. The molecule has 1 unspecified atom stereocenters. The van der Waals surface area contributed by atoms with Gasteiger partial charge in [0.15, 0.2) is 11.5 Å². The monoisotopic (exact) mass is 435 g/mol. The largest absolute Gasteiger partial charge is 0.378 e. The van der Waals surface area contributed by atoms with E-state index < -0.39 is 0 Å². The van der Waals surface area contributed by atoms with E-state index in [1.54, 1.807) is 10.7 Å². The van der Waals surface area contributed by atoms with Crippen molar-refractivity contribution in [2.75, 3.05) is 37.8 Å². The minimum Gasteiger partial charge on any atom is -0.378 e. The van der Waals surface area contributed by atoms with E-state index in [0.717, 1.165) is 56.0 Å². The lowest BCUT2D eigenvalue weighted by Gasteiger charge is -2.28. The molecule has 0 aliphatic carbocycles. The first-order valence-corrected chi connectivity index (χ1v) is 11.0. The molecule has 2 fully saturated rings.